The van der Waals surface area contributed by atoms with Crippen molar-refractivity contribution in [1.82, 2.24) is 14.9 Å². The van der Waals surface area contributed by atoms with E-state index in [1.807, 2.05) is 18.4 Å². The van der Waals surface area contributed by atoms with Crippen molar-refractivity contribution >= 4 is 28.8 Å². The smallest absolute Gasteiger partial charge is 0.265 e. The van der Waals surface area contributed by atoms with Crippen molar-refractivity contribution in [3.8, 4) is 0 Å². The molecule has 0 bridgehead atoms. The first kappa shape index (κ1) is 17.8. The summed E-state index contributed by atoms with van der Waals surface area (Å²) in [6.07, 6.45) is 2.90. The van der Waals surface area contributed by atoms with Crippen LogP contribution in [0.25, 0.3) is 0 Å². The van der Waals surface area contributed by atoms with Gasteiger partial charge in [0, 0.05) is 4.88 Å². The summed E-state index contributed by atoms with van der Waals surface area (Å²) in [6, 6.07) is 12.4. The zero-order valence-corrected chi connectivity index (χ0v) is 16.0. The summed E-state index contributed by atoms with van der Waals surface area (Å²) >= 11 is 2.80. The summed E-state index contributed by atoms with van der Waals surface area (Å²) < 4.78 is 3.92. The second-order valence-electron chi connectivity index (χ2n) is 5.82. The highest BCUT2D eigenvalue weighted by Gasteiger charge is 2.22. The topological polar surface area (TPSA) is 54.9 Å². The molecule has 2 heterocycles. The second-order valence-corrected chi connectivity index (χ2v) is 7.55. The SMILES string of the molecule is CCCc1ccc(C(NC(=O)c2snnc2CC)c2cccs2)cc1. The minimum atomic E-state index is -0.157. The molecule has 4 nitrogen and oxygen atoms in total. The number of rotatable bonds is 7. The molecular formula is C19H21N3OS2. The zero-order chi connectivity index (χ0) is 17.6. The number of hydrogen-bond donors (Lipinski definition) is 1. The fourth-order valence-electron chi connectivity index (χ4n) is 2.75. The first-order chi connectivity index (χ1) is 12.2. The van der Waals surface area contributed by atoms with Gasteiger partial charge in [-0.3, -0.25) is 4.79 Å². The molecule has 1 amide bonds. The minimum absolute atomic E-state index is 0.108. The van der Waals surface area contributed by atoms with Gasteiger partial charge in [0.2, 0.25) is 0 Å². The molecular weight excluding hydrogens is 350 g/mol. The Morgan fingerprint density at radius 2 is 2.00 bits per heavy atom. The fourth-order valence-corrected chi connectivity index (χ4v) is 4.20. The third-order valence-corrected chi connectivity index (χ3v) is 5.76. The average molecular weight is 372 g/mol. The number of aromatic nitrogens is 2. The Balaban J connectivity index is 1.87. The monoisotopic (exact) mass is 371 g/mol. The molecule has 3 rings (SSSR count). The molecule has 0 aliphatic rings. The average Bonchev–Trinajstić information content (AvgIpc) is 3.32. The standard InChI is InChI=1S/C19H21N3OS2/c1-3-6-13-8-10-14(11-9-13)17(16-7-5-12-24-16)20-19(23)18-15(4-2)21-22-25-18/h5,7-12,17H,3-4,6H2,1-2H3,(H,20,23). The van der Waals surface area contributed by atoms with Crippen molar-refractivity contribution in [2.45, 2.75) is 39.2 Å². The Labute approximate surface area is 156 Å². The number of carbonyl (C=O) groups excluding carboxylic acids is 1. The summed E-state index contributed by atoms with van der Waals surface area (Å²) in [5, 5.41) is 9.24. The Morgan fingerprint density at radius 1 is 1.20 bits per heavy atom. The van der Waals surface area contributed by atoms with Gasteiger partial charge >= 0.3 is 0 Å². The lowest BCUT2D eigenvalue weighted by molar-refractivity contribution is 0.0946. The second kappa shape index (κ2) is 8.36. The summed E-state index contributed by atoms with van der Waals surface area (Å²) in [4.78, 5) is 14.5. The quantitative estimate of drug-likeness (QED) is 0.658. The summed E-state index contributed by atoms with van der Waals surface area (Å²) in [7, 11) is 0. The van der Waals surface area contributed by atoms with Gasteiger partial charge in [-0.05, 0) is 46.9 Å². The van der Waals surface area contributed by atoms with E-state index in [1.165, 1.54) is 5.56 Å². The lowest BCUT2D eigenvalue weighted by atomic mass is 10.0. The number of carbonyl (C=O) groups is 1. The van der Waals surface area contributed by atoms with Gasteiger partial charge in [0.15, 0.2) is 0 Å². The van der Waals surface area contributed by atoms with Crippen LogP contribution < -0.4 is 5.32 Å². The molecule has 1 N–H and O–H groups in total. The van der Waals surface area contributed by atoms with Crippen LogP contribution in [0.15, 0.2) is 41.8 Å². The number of amides is 1. The van der Waals surface area contributed by atoms with E-state index < -0.39 is 0 Å². The molecule has 6 heteroatoms. The van der Waals surface area contributed by atoms with Crippen LogP contribution in [0.1, 0.15) is 57.7 Å². The van der Waals surface area contributed by atoms with Crippen LogP contribution in [0.3, 0.4) is 0 Å². The summed E-state index contributed by atoms with van der Waals surface area (Å²) in [5.41, 5.74) is 3.17. The molecule has 3 aromatic rings. The number of hydrogen-bond acceptors (Lipinski definition) is 5. The van der Waals surface area contributed by atoms with E-state index in [1.54, 1.807) is 11.3 Å². The van der Waals surface area contributed by atoms with Gasteiger partial charge in [-0.25, -0.2) is 0 Å². The van der Waals surface area contributed by atoms with Gasteiger partial charge in [0.1, 0.15) is 4.88 Å². The van der Waals surface area contributed by atoms with Crippen molar-refractivity contribution in [3.63, 3.8) is 0 Å². The Kier molecular flexibility index (Phi) is 5.94. The normalized spacial score (nSPS) is 12.1. The number of nitrogens with zero attached hydrogens (tertiary/aromatic N) is 2. The van der Waals surface area contributed by atoms with Gasteiger partial charge in [0.05, 0.1) is 11.7 Å². The molecule has 0 saturated heterocycles. The minimum Gasteiger partial charge on any atom is -0.339 e. The predicted molar refractivity (Wildman–Crippen MR) is 103 cm³/mol. The van der Waals surface area contributed by atoms with Crippen molar-refractivity contribution < 1.29 is 4.79 Å². The van der Waals surface area contributed by atoms with Gasteiger partial charge < -0.3 is 5.32 Å². The van der Waals surface area contributed by atoms with Gasteiger partial charge in [0.25, 0.3) is 5.91 Å². The predicted octanol–water partition coefficient (Wildman–Crippen LogP) is 4.63. The van der Waals surface area contributed by atoms with E-state index >= 15 is 0 Å². The first-order valence-electron chi connectivity index (χ1n) is 8.47. The zero-order valence-electron chi connectivity index (χ0n) is 14.4. The highest BCUT2D eigenvalue weighted by Crippen LogP contribution is 2.27. The number of benzene rings is 1. The third kappa shape index (κ3) is 4.14. The van der Waals surface area contributed by atoms with Crippen LogP contribution in [0.4, 0.5) is 0 Å². The summed E-state index contributed by atoms with van der Waals surface area (Å²) in [6.45, 7) is 4.16. The molecule has 130 valence electrons. The largest absolute Gasteiger partial charge is 0.339 e. The van der Waals surface area contributed by atoms with Crippen molar-refractivity contribution in [2.24, 2.45) is 0 Å². The lowest BCUT2D eigenvalue weighted by Crippen LogP contribution is -2.29. The van der Waals surface area contributed by atoms with Crippen LogP contribution in [-0.4, -0.2) is 15.5 Å². The lowest BCUT2D eigenvalue weighted by Gasteiger charge is -2.18. The Morgan fingerprint density at radius 3 is 2.64 bits per heavy atom. The van der Waals surface area contributed by atoms with Gasteiger partial charge in [-0.1, -0.05) is 55.1 Å². The molecule has 0 saturated carbocycles. The van der Waals surface area contributed by atoms with Crippen molar-refractivity contribution in [3.05, 3.63) is 68.4 Å². The number of aryl methyl sites for hydroxylation is 2. The molecule has 1 aromatic carbocycles. The Hall–Kier alpha value is -2.05. The molecule has 0 aliphatic heterocycles. The van der Waals surface area contributed by atoms with Crippen LogP contribution >= 0.6 is 22.9 Å². The van der Waals surface area contributed by atoms with E-state index in [9.17, 15) is 4.79 Å². The van der Waals surface area contributed by atoms with Crippen LogP contribution in [0.5, 0.6) is 0 Å². The van der Waals surface area contributed by atoms with E-state index in [-0.39, 0.29) is 11.9 Å². The molecule has 1 unspecified atom stereocenters. The third-order valence-electron chi connectivity index (χ3n) is 4.05. The highest BCUT2D eigenvalue weighted by atomic mass is 32.1. The molecule has 0 radical (unpaired) electrons. The van der Waals surface area contributed by atoms with Gasteiger partial charge in [-0.15, -0.1) is 16.4 Å². The Bertz CT molecular complexity index is 810. The maximum atomic E-state index is 12.8. The highest BCUT2D eigenvalue weighted by molar-refractivity contribution is 7.10. The van der Waals surface area contributed by atoms with Crippen LogP contribution in [-0.2, 0) is 12.8 Å². The first-order valence-corrected chi connectivity index (χ1v) is 10.1. The van der Waals surface area contributed by atoms with Crippen LogP contribution in [0.2, 0.25) is 0 Å². The van der Waals surface area contributed by atoms with Crippen molar-refractivity contribution in [2.75, 3.05) is 0 Å². The molecule has 1 atom stereocenters. The maximum absolute atomic E-state index is 12.8. The number of nitrogens with one attached hydrogen (secondary N) is 1. The van der Waals surface area contributed by atoms with Crippen molar-refractivity contribution in [1.29, 1.82) is 0 Å². The molecule has 0 aliphatic carbocycles. The van der Waals surface area contributed by atoms with Crippen LogP contribution in [0, 0.1) is 0 Å². The van der Waals surface area contributed by atoms with E-state index in [0.717, 1.165) is 40.5 Å². The van der Waals surface area contributed by atoms with E-state index in [2.05, 4.69) is 52.2 Å². The molecule has 0 spiro atoms. The maximum Gasteiger partial charge on any atom is 0.265 e. The molecule has 0 fully saturated rings. The fraction of sp³-hybridized carbons (Fsp3) is 0.316. The molecule has 2 aromatic heterocycles. The molecule has 25 heavy (non-hydrogen) atoms. The van der Waals surface area contributed by atoms with E-state index in [0.29, 0.717) is 11.3 Å². The summed E-state index contributed by atoms with van der Waals surface area (Å²) in [5.74, 6) is -0.108. The number of thiophene rings is 1. The van der Waals surface area contributed by atoms with E-state index in [4.69, 9.17) is 0 Å². The van der Waals surface area contributed by atoms with Gasteiger partial charge in [-0.2, -0.15) is 0 Å².